The standard InChI is InChI=1S/C14H24N2O3/c1-3-9-19-10-8-16-13(18)15-12(17)14(16)6-4-11(2)5-7-14/h11H,3-10H2,1-2H3,(H,15,17,18). The summed E-state index contributed by atoms with van der Waals surface area (Å²) in [5.74, 6) is 0.534. The molecule has 1 aliphatic heterocycles. The van der Waals surface area contributed by atoms with E-state index in [-0.39, 0.29) is 11.9 Å². The molecule has 5 heteroatoms. The molecule has 2 fully saturated rings. The van der Waals surface area contributed by atoms with Gasteiger partial charge in [0, 0.05) is 13.2 Å². The molecule has 108 valence electrons. The number of nitrogens with zero attached hydrogens (tertiary/aromatic N) is 1. The Morgan fingerprint density at radius 3 is 2.63 bits per heavy atom. The summed E-state index contributed by atoms with van der Waals surface area (Å²) in [5.41, 5.74) is -0.598. The lowest BCUT2D eigenvalue weighted by molar-refractivity contribution is -0.128. The number of carbonyl (C=O) groups excluding carboxylic acids is 2. The van der Waals surface area contributed by atoms with Crippen molar-refractivity contribution in [3.05, 3.63) is 0 Å². The summed E-state index contributed by atoms with van der Waals surface area (Å²) in [6, 6.07) is -0.250. The second-order valence-electron chi connectivity index (χ2n) is 5.74. The third kappa shape index (κ3) is 2.76. The number of carbonyl (C=O) groups is 2. The van der Waals surface area contributed by atoms with Gasteiger partial charge in [-0.05, 0) is 38.0 Å². The molecule has 19 heavy (non-hydrogen) atoms. The molecule has 0 aromatic heterocycles. The predicted molar refractivity (Wildman–Crippen MR) is 71.7 cm³/mol. The minimum absolute atomic E-state index is 0.111. The topological polar surface area (TPSA) is 58.6 Å². The Bertz CT molecular complexity index is 349. The second-order valence-corrected chi connectivity index (χ2v) is 5.74. The highest BCUT2D eigenvalue weighted by Crippen LogP contribution is 2.39. The molecule has 0 unspecified atom stereocenters. The molecular formula is C14H24N2O3. The van der Waals surface area contributed by atoms with E-state index < -0.39 is 5.54 Å². The first kappa shape index (κ1) is 14.3. The third-order valence-corrected chi connectivity index (χ3v) is 4.31. The molecule has 2 aliphatic rings. The van der Waals surface area contributed by atoms with E-state index in [1.807, 2.05) is 0 Å². The van der Waals surface area contributed by atoms with E-state index >= 15 is 0 Å². The molecule has 0 aromatic carbocycles. The molecule has 0 bridgehead atoms. The number of hydrogen-bond acceptors (Lipinski definition) is 3. The molecule has 1 saturated carbocycles. The Labute approximate surface area is 114 Å². The van der Waals surface area contributed by atoms with E-state index in [9.17, 15) is 9.59 Å². The van der Waals surface area contributed by atoms with E-state index in [2.05, 4.69) is 19.2 Å². The van der Waals surface area contributed by atoms with Crippen LogP contribution in [0.1, 0.15) is 46.0 Å². The molecule has 2 rings (SSSR count). The molecule has 0 radical (unpaired) electrons. The van der Waals surface area contributed by atoms with Crippen LogP contribution in [0.15, 0.2) is 0 Å². The van der Waals surface area contributed by atoms with Gasteiger partial charge in [0.05, 0.1) is 6.61 Å². The minimum Gasteiger partial charge on any atom is -0.380 e. The number of rotatable bonds is 5. The summed E-state index contributed by atoms with van der Waals surface area (Å²) < 4.78 is 5.45. The van der Waals surface area contributed by atoms with Crippen molar-refractivity contribution < 1.29 is 14.3 Å². The molecule has 0 aromatic rings. The van der Waals surface area contributed by atoms with Crippen molar-refractivity contribution in [1.29, 1.82) is 0 Å². The van der Waals surface area contributed by atoms with Crippen LogP contribution in [0.3, 0.4) is 0 Å². The molecule has 1 saturated heterocycles. The summed E-state index contributed by atoms with van der Waals surface area (Å²) in [6.45, 7) is 5.97. The molecule has 1 spiro atoms. The quantitative estimate of drug-likeness (QED) is 0.612. The summed E-state index contributed by atoms with van der Waals surface area (Å²) in [7, 11) is 0. The smallest absolute Gasteiger partial charge is 0.325 e. The number of nitrogens with one attached hydrogen (secondary N) is 1. The predicted octanol–water partition coefficient (Wildman–Crippen LogP) is 1.91. The Kier molecular flexibility index (Phi) is 4.45. The largest absolute Gasteiger partial charge is 0.380 e. The molecule has 3 amide bonds. The van der Waals surface area contributed by atoms with Gasteiger partial charge in [0.25, 0.3) is 5.91 Å². The first-order chi connectivity index (χ1) is 9.10. The lowest BCUT2D eigenvalue weighted by atomic mass is 9.76. The first-order valence-corrected chi connectivity index (χ1v) is 7.31. The molecule has 5 nitrogen and oxygen atoms in total. The maximum atomic E-state index is 12.2. The monoisotopic (exact) mass is 268 g/mol. The maximum Gasteiger partial charge on any atom is 0.325 e. The SMILES string of the molecule is CCCOCCN1C(=O)NC(=O)C12CCC(C)CC2. The molecule has 0 atom stereocenters. The summed E-state index contributed by atoms with van der Waals surface area (Å²) in [4.78, 5) is 25.8. The van der Waals surface area contributed by atoms with Crippen molar-refractivity contribution in [3.8, 4) is 0 Å². The summed E-state index contributed by atoms with van der Waals surface area (Å²) >= 11 is 0. The van der Waals surface area contributed by atoms with Crippen molar-refractivity contribution >= 4 is 11.9 Å². The van der Waals surface area contributed by atoms with Crippen LogP contribution in [0.5, 0.6) is 0 Å². The number of hydrogen-bond donors (Lipinski definition) is 1. The fourth-order valence-electron chi connectivity index (χ4n) is 3.05. The fraction of sp³-hybridized carbons (Fsp3) is 0.857. The normalized spacial score (nSPS) is 31.1. The lowest BCUT2D eigenvalue weighted by Crippen LogP contribution is -2.52. The van der Waals surface area contributed by atoms with Gasteiger partial charge in [0.2, 0.25) is 0 Å². The molecule has 1 aliphatic carbocycles. The summed E-state index contributed by atoms with van der Waals surface area (Å²) in [6.07, 6.45) is 4.53. The van der Waals surface area contributed by atoms with Crippen LogP contribution in [0.25, 0.3) is 0 Å². The number of urea groups is 1. The van der Waals surface area contributed by atoms with Gasteiger partial charge in [-0.1, -0.05) is 13.8 Å². The van der Waals surface area contributed by atoms with Gasteiger partial charge in [0.1, 0.15) is 5.54 Å². The fourth-order valence-corrected chi connectivity index (χ4v) is 3.05. The van der Waals surface area contributed by atoms with E-state index in [0.29, 0.717) is 25.7 Å². The zero-order valence-corrected chi connectivity index (χ0v) is 11.9. The van der Waals surface area contributed by atoms with Gasteiger partial charge in [-0.15, -0.1) is 0 Å². The highest BCUT2D eigenvalue weighted by atomic mass is 16.5. The second kappa shape index (κ2) is 5.90. The zero-order chi connectivity index (χ0) is 13.9. The number of imide groups is 1. The molecular weight excluding hydrogens is 244 g/mol. The van der Waals surface area contributed by atoms with Crippen molar-refractivity contribution in [2.75, 3.05) is 19.8 Å². The van der Waals surface area contributed by atoms with E-state index in [1.54, 1.807) is 4.90 Å². The Hall–Kier alpha value is -1.10. The van der Waals surface area contributed by atoms with Gasteiger partial charge in [-0.3, -0.25) is 10.1 Å². The lowest BCUT2D eigenvalue weighted by Gasteiger charge is -2.40. The number of ether oxygens (including phenoxy) is 1. The Morgan fingerprint density at radius 2 is 2.00 bits per heavy atom. The van der Waals surface area contributed by atoms with Crippen LogP contribution in [0.2, 0.25) is 0 Å². The Morgan fingerprint density at radius 1 is 1.32 bits per heavy atom. The van der Waals surface area contributed by atoms with Crippen molar-refractivity contribution in [2.45, 2.75) is 51.5 Å². The highest BCUT2D eigenvalue weighted by molar-refractivity contribution is 6.07. The van der Waals surface area contributed by atoms with E-state index in [4.69, 9.17) is 4.74 Å². The van der Waals surface area contributed by atoms with Crippen molar-refractivity contribution in [3.63, 3.8) is 0 Å². The Balaban J connectivity index is 2.01. The van der Waals surface area contributed by atoms with Crippen LogP contribution in [-0.2, 0) is 9.53 Å². The summed E-state index contributed by atoms with van der Waals surface area (Å²) in [5, 5.41) is 2.48. The van der Waals surface area contributed by atoms with Crippen molar-refractivity contribution in [2.24, 2.45) is 5.92 Å². The minimum atomic E-state index is -0.598. The van der Waals surface area contributed by atoms with Crippen LogP contribution in [0.4, 0.5) is 4.79 Å². The van der Waals surface area contributed by atoms with Crippen molar-refractivity contribution in [1.82, 2.24) is 10.2 Å². The van der Waals surface area contributed by atoms with E-state index in [1.165, 1.54) is 0 Å². The average Bonchev–Trinajstić information content (AvgIpc) is 2.61. The van der Waals surface area contributed by atoms with E-state index in [0.717, 1.165) is 32.1 Å². The van der Waals surface area contributed by atoms with Crippen LogP contribution < -0.4 is 5.32 Å². The van der Waals surface area contributed by atoms with Crippen LogP contribution in [0, 0.1) is 5.92 Å². The molecule has 1 N–H and O–H groups in total. The van der Waals surface area contributed by atoms with Gasteiger partial charge < -0.3 is 9.64 Å². The van der Waals surface area contributed by atoms with Crippen LogP contribution >= 0.6 is 0 Å². The highest BCUT2D eigenvalue weighted by Gasteiger charge is 2.53. The third-order valence-electron chi connectivity index (χ3n) is 4.31. The van der Waals surface area contributed by atoms with Gasteiger partial charge in [0.15, 0.2) is 0 Å². The number of amides is 3. The van der Waals surface area contributed by atoms with Gasteiger partial charge in [-0.25, -0.2) is 4.79 Å². The first-order valence-electron chi connectivity index (χ1n) is 7.31. The maximum absolute atomic E-state index is 12.2. The van der Waals surface area contributed by atoms with Gasteiger partial charge in [-0.2, -0.15) is 0 Å². The van der Waals surface area contributed by atoms with Crippen LogP contribution in [-0.4, -0.2) is 42.1 Å². The zero-order valence-electron chi connectivity index (χ0n) is 11.9. The molecule has 1 heterocycles. The average molecular weight is 268 g/mol. The van der Waals surface area contributed by atoms with Gasteiger partial charge >= 0.3 is 6.03 Å².